The Kier molecular flexibility index (Phi) is 3.61. The van der Waals surface area contributed by atoms with Gasteiger partial charge in [-0.2, -0.15) is 0 Å². The van der Waals surface area contributed by atoms with Crippen LogP contribution in [0.15, 0.2) is 34.5 Å². The molecule has 2 heterocycles. The lowest BCUT2D eigenvalue weighted by Crippen LogP contribution is -2.22. The van der Waals surface area contributed by atoms with Crippen molar-refractivity contribution in [3.05, 3.63) is 45.6 Å². The zero-order chi connectivity index (χ0) is 17.7. The molecule has 128 valence electrons. The van der Waals surface area contributed by atoms with Gasteiger partial charge in [-0.1, -0.05) is 22.8 Å². The molecule has 7 nitrogen and oxygen atoms in total. The van der Waals surface area contributed by atoms with Crippen molar-refractivity contribution in [3.8, 4) is 0 Å². The Balaban J connectivity index is 1.96. The van der Waals surface area contributed by atoms with E-state index < -0.39 is 0 Å². The number of hydrogen-bond donors (Lipinski definition) is 1. The van der Waals surface area contributed by atoms with Crippen LogP contribution in [-0.2, 0) is 11.8 Å². The number of carbonyl (C=O) groups excluding carboxylic acids is 1. The van der Waals surface area contributed by atoms with E-state index >= 15 is 0 Å². The van der Waals surface area contributed by atoms with Gasteiger partial charge in [0.15, 0.2) is 0 Å². The van der Waals surface area contributed by atoms with Gasteiger partial charge in [0.2, 0.25) is 0 Å². The zero-order valence-corrected chi connectivity index (χ0v) is 14.2. The lowest BCUT2D eigenvalue weighted by Gasteiger charge is -2.10. The van der Waals surface area contributed by atoms with Crippen molar-refractivity contribution in [3.63, 3.8) is 0 Å². The van der Waals surface area contributed by atoms with Gasteiger partial charge in [0, 0.05) is 13.0 Å². The third kappa shape index (κ3) is 2.42. The second-order valence-corrected chi connectivity index (χ2v) is 6.65. The third-order valence-corrected chi connectivity index (χ3v) is 4.91. The molecule has 4 rings (SSSR count). The van der Waals surface area contributed by atoms with Crippen LogP contribution in [0, 0.1) is 5.92 Å². The maximum absolute atomic E-state index is 12.9. The molecule has 1 saturated carbocycles. The summed E-state index contributed by atoms with van der Waals surface area (Å²) in [6.45, 7) is 0. The Bertz CT molecular complexity index is 1110. The van der Waals surface area contributed by atoms with Crippen LogP contribution in [0.1, 0.15) is 25.0 Å². The largest absolute Gasteiger partial charge is 0.411 e. The molecule has 1 aromatic carbocycles. The number of carbonyl (C=O) groups is 1. The van der Waals surface area contributed by atoms with E-state index in [-0.39, 0.29) is 40.6 Å². The van der Waals surface area contributed by atoms with Crippen LogP contribution >= 0.6 is 11.6 Å². The summed E-state index contributed by atoms with van der Waals surface area (Å²) in [5, 5.41) is 13.1. The number of hydrogen-bond acceptors (Lipinski definition) is 5. The highest BCUT2D eigenvalue weighted by Gasteiger charge is 2.31. The van der Waals surface area contributed by atoms with Crippen molar-refractivity contribution >= 4 is 39.6 Å². The highest BCUT2D eigenvalue weighted by molar-refractivity contribution is 6.35. The van der Waals surface area contributed by atoms with Crippen LogP contribution in [0.25, 0.3) is 16.6 Å². The minimum absolute atomic E-state index is 0.00890. The molecule has 8 heteroatoms. The monoisotopic (exact) mass is 358 g/mol. The number of rotatable bonds is 4. The number of oxime groups is 1. The Morgan fingerprint density at radius 2 is 2.16 bits per heavy atom. The number of fused-ring (bicyclic) bond motifs is 3. The molecule has 0 spiro atoms. The van der Waals surface area contributed by atoms with Crippen LogP contribution in [0.5, 0.6) is 0 Å². The summed E-state index contributed by atoms with van der Waals surface area (Å²) >= 11 is 6.24. The molecule has 0 aliphatic heterocycles. The number of aryl methyl sites for hydroxylation is 1. The molecule has 25 heavy (non-hydrogen) atoms. The lowest BCUT2D eigenvalue weighted by molar-refractivity contribution is -0.119. The molecule has 1 aliphatic carbocycles. The van der Waals surface area contributed by atoms with E-state index in [1.54, 1.807) is 23.6 Å². The van der Waals surface area contributed by atoms with Crippen LogP contribution in [-0.4, -0.2) is 30.7 Å². The van der Waals surface area contributed by atoms with E-state index in [2.05, 4.69) is 10.1 Å². The van der Waals surface area contributed by atoms with Gasteiger partial charge in [-0.25, -0.2) is 4.98 Å². The number of Topliss-reactive ketones (excluding diaryl/α,β-unsaturated/α-hetero) is 1. The summed E-state index contributed by atoms with van der Waals surface area (Å²) in [6, 6.07) is 5.32. The van der Waals surface area contributed by atoms with E-state index in [1.165, 1.54) is 10.9 Å². The van der Waals surface area contributed by atoms with Crippen molar-refractivity contribution in [1.29, 1.82) is 0 Å². The SMILES string of the molecule is Cn1c(=O)c2c(C(CC(=O)C3CC3)=NO)ncn2c2cccc(Cl)c21. The van der Waals surface area contributed by atoms with E-state index in [0.717, 1.165) is 12.8 Å². The maximum Gasteiger partial charge on any atom is 0.277 e. The molecular weight excluding hydrogens is 344 g/mol. The molecule has 0 atom stereocenters. The Morgan fingerprint density at radius 1 is 1.40 bits per heavy atom. The van der Waals surface area contributed by atoms with E-state index in [9.17, 15) is 14.8 Å². The van der Waals surface area contributed by atoms with E-state index in [1.807, 2.05) is 6.07 Å². The third-order valence-electron chi connectivity index (χ3n) is 4.60. The number of benzene rings is 1. The maximum atomic E-state index is 12.9. The summed E-state index contributed by atoms with van der Waals surface area (Å²) in [5.41, 5.74) is 1.55. The highest BCUT2D eigenvalue weighted by atomic mass is 35.5. The fourth-order valence-corrected chi connectivity index (χ4v) is 3.41. The summed E-state index contributed by atoms with van der Waals surface area (Å²) in [4.78, 5) is 29.2. The molecule has 0 amide bonds. The normalized spacial score (nSPS) is 15.2. The highest BCUT2D eigenvalue weighted by Crippen LogP contribution is 2.31. The van der Waals surface area contributed by atoms with E-state index in [4.69, 9.17) is 11.6 Å². The first-order valence-electron chi connectivity index (χ1n) is 7.91. The van der Waals surface area contributed by atoms with Gasteiger partial charge >= 0.3 is 0 Å². The average Bonchev–Trinajstić information content (AvgIpc) is 3.36. The molecule has 0 radical (unpaired) electrons. The topological polar surface area (TPSA) is 89.0 Å². The molecule has 2 aromatic heterocycles. The molecule has 0 saturated heterocycles. The van der Waals surface area contributed by atoms with Crippen molar-refractivity contribution in [2.45, 2.75) is 19.3 Å². The number of para-hydroxylation sites is 1. The molecule has 1 aliphatic rings. The first kappa shape index (κ1) is 15.8. The minimum Gasteiger partial charge on any atom is -0.411 e. The molecule has 1 fully saturated rings. The summed E-state index contributed by atoms with van der Waals surface area (Å²) in [5.74, 6) is 0.0442. The van der Waals surface area contributed by atoms with Crippen LogP contribution in [0.2, 0.25) is 5.02 Å². The predicted molar refractivity (Wildman–Crippen MR) is 93.6 cm³/mol. The second kappa shape index (κ2) is 5.70. The standard InChI is InChI=1S/C17H15ClN4O3/c1-21-15-10(18)3-2-4-12(15)22-8-19-14(16(22)17(21)24)11(20-25)7-13(23)9-5-6-9/h2-4,8-9,25H,5-7H2,1H3. The Labute approximate surface area is 147 Å². The Morgan fingerprint density at radius 3 is 2.84 bits per heavy atom. The van der Waals surface area contributed by atoms with Crippen molar-refractivity contribution < 1.29 is 10.0 Å². The van der Waals surface area contributed by atoms with Gasteiger partial charge in [-0.05, 0) is 25.0 Å². The van der Waals surface area contributed by atoms with Crippen molar-refractivity contribution in [1.82, 2.24) is 14.0 Å². The van der Waals surface area contributed by atoms with Gasteiger partial charge in [0.05, 0.1) is 22.5 Å². The van der Waals surface area contributed by atoms with Gasteiger partial charge in [-0.15, -0.1) is 0 Å². The van der Waals surface area contributed by atoms with Crippen LogP contribution in [0.4, 0.5) is 0 Å². The first-order chi connectivity index (χ1) is 12.0. The van der Waals surface area contributed by atoms with Gasteiger partial charge in [-0.3, -0.25) is 14.0 Å². The van der Waals surface area contributed by atoms with Crippen LogP contribution in [0.3, 0.4) is 0 Å². The lowest BCUT2D eigenvalue weighted by atomic mass is 10.1. The average molecular weight is 359 g/mol. The number of imidazole rings is 1. The van der Waals surface area contributed by atoms with Gasteiger partial charge in [0.25, 0.3) is 5.56 Å². The molecule has 0 bridgehead atoms. The van der Waals surface area contributed by atoms with E-state index in [0.29, 0.717) is 16.1 Å². The molecule has 1 N–H and O–H groups in total. The quantitative estimate of drug-likeness (QED) is 0.440. The molecular formula is C17H15ClN4O3. The number of aromatic nitrogens is 3. The minimum atomic E-state index is -0.326. The fourth-order valence-electron chi connectivity index (χ4n) is 3.12. The molecule has 3 aromatic rings. The summed E-state index contributed by atoms with van der Waals surface area (Å²) in [7, 11) is 1.62. The number of nitrogens with zero attached hydrogens (tertiary/aromatic N) is 4. The summed E-state index contributed by atoms with van der Waals surface area (Å²) in [6.07, 6.45) is 3.18. The zero-order valence-electron chi connectivity index (χ0n) is 13.4. The van der Waals surface area contributed by atoms with Crippen molar-refractivity contribution in [2.24, 2.45) is 18.1 Å². The molecule has 0 unspecified atom stereocenters. The smallest absolute Gasteiger partial charge is 0.277 e. The number of halogens is 1. The first-order valence-corrected chi connectivity index (χ1v) is 8.29. The van der Waals surface area contributed by atoms with Crippen molar-refractivity contribution in [2.75, 3.05) is 0 Å². The number of ketones is 1. The van der Waals surface area contributed by atoms with Gasteiger partial charge in [0.1, 0.15) is 29.0 Å². The summed E-state index contributed by atoms with van der Waals surface area (Å²) < 4.78 is 3.06. The second-order valence-electron chi connectivity index (χ2n) is 6.25. The predicted octanol–water partition coefficient (Wildman–Crippen LogP) is 2.39. The van der Waals surface area contributed by atoms with Gasteiger partial charge < -0.3 is 9.77 Å². The fraction of sp³-hybridized carbons (Fsp3) is 0.294. The Hall–Kier alpha value is -2.67. The van der Waals surface area contributed by atoms with Crippen LogP contribution < -0.4 is 5.56 Å².